The molecule has 0 spiro atoms. The molecule has 98 valence electrons. The van der Waals surface area contributed by atoms with Gasteiger partial charge in [-0.1, -0.05) is 6.07 Å². The van der Waals surface area contributed by atoms with E-state index in [1.54, 1.807) is 12.1 Å². The zero-order valence-corrected chi connectivity index (χ0v) is 10.2. The highest BCUT2D eigenvalue weighted by atomic mass is 19.1. The molecule has 0 radical (unpaired) electrons. The molecular formula is C13H16FNO3. The zero-order valence-electron chi connectivity index (χ0n) is 10.2. The third kappa shape index (κ3) is 2.98. The zero-order chi connectivity index (χ0) is 13.0. The molecule has 1 fully saturated rings. The largest absolute Gasteiger partial charge is 0.494 e. The maximum atomic E-state index is 13.4. The summed E-state index contributed by atoms with van der Waals surface area (Å²) >= 11 is 0. The minimum absolute atomic E-state index is 0.0382. The van der Waals surface area contributed by atoms with Crippen LogP contribution in [0.3, 0.4) is 0 Å². The maximum Gasteiger partial charge on any atom is 0.225 e. The van der Waals surface area contributed by atoms with E-state index in [0.717, 1.165) is 6.42 Å². The first-order valence-electron chi connectivity index (χ1n) is 5.88. The number of nitrogens with one attached hydrogen (secondary N) is 1. The van der Waals surface area contributed by atoms with Gasteiger partial charge in [0.05, 0.1) is 19.6 Å². The van der Waals surface area contributed by atoms with Gasteiger partial charge in [0, 0.05) is 13.2 Å². The van der Waals surface area contributed by atoms with Crippen molar-refractivity contribution in [2.24, 2.45) is 5.92 Å². The molecule has 1 unspecified atom stereocenters. The minimum atomic E-state index is -0.423. The second kappa shape index (κ2) is 5.82. The van der Waals surface area contributed by atoms with Crippen LogP contribution in [0.4, 0.5) is 4.39 Å². The van der Waals surface area contributed by atoms with E-state index in [2.05, 4.69) is 5.32 Å². The number of ether oxygens (including phenoxy) is 2. The molecule has 1 heterocycles. The van der Waals surface area contributed by atoms with Gasteiger partial charge in [-0.2, -0.15) is 0 Å². The Hall–Kier alpha value is -1.62. The van der Waals surface area contributed by atoms with Crippen LogP contribution in [0.1, 0.15) is 12.0 Å². The monoisotopic (exact) mass is 253 g/mol. The summed E-state index contributed by atoms with van der Waals surface area (Å²) in [5.74, 6) is -0.334. The summed E-state index contributed by atoms with van der Waals surface area (Å²) in [6.45, 7) is 1.42. The number of carbonyl (C=O) groups is 1. The fourth-order valence-electron chi connectivity index (χ4n) is 1.89. The lowest BCUT2D eigenvalue weighted by atomic mass is 10.1. The predicted octanol–water partition coefficient (Wildman–Crippen LogP) is 1.49. The number of halogens is 1. The number of amides is 1. The van der Waals surface area contributed by atoms with E-state index in [1.165, 1.54) is 13.2 Å². The normalized spacial score (nSPS) is 18.7. The lowest BCUT2D eigenvalue weighted by Crippen LogP contribution is -2.30. The number of hydrogen-bond donors (Lipinski definition) is 1. The van der Waals surface area contributed by atoms with Crippen molar-refractivity contribution in [2.75, 3.05) is 20.3 Å². The Bertz CT molecular complexity index is 430. The highest BCUT2D eigenvalue weighted by Gasteiger charge is 2.22. The van der Waals surface area contributed by atoms with Crippen molar-refractivity contribution in [3.05, 3.63) is 29.6 Å². The second-order valence-electron chi connectivity index (χ2n) is 4.25. The van der Waals surface area contributed by atoms with E-state index in [4.69, 9.17) is 9.47 Å². The number of rotatable bonds is 4. The molecular weight excluding hydrogens is 237 g/mol. The molecule has 1 amide bonds. The molecule has 0 aliphatic carbocycles. The van der Waals surface area contributed by atoms with Crippen LogP contribution in [0, 0.1) is 11.7 Å². The van der Waals surface area contributed by atoms with Crippen molar-refractivity contribution in [3.63, 3.8) is 0 Å². The topological polar surface area (TPSA) is 47.6 Å². The van der Waals surface area contributed by atoms with E-state index < -0.39 is 5.82 Å². The maximum absolute atomic E-state index is 13.4. The van der Waals surface area contributed by atoms with Gasteiger partial charge < -0.3 is 14.8 Å². The second-order valence-corrected chi connectivity index (χ2v) is 4.25. The van der Waals surface area contributed by atoms with Crippen LogP contribution >= 0.6 is 0 Å². The van der Waals surface area contributed by atoms with Crippen LogP contribution in [0.15, 0.2) is 18.2 Å². The average molecular weight is 253 g/mol. The lowest BCUT2D eigenvalue weighted by Gasteiger charge is -2.10. The fraction of sp³-hybridized carbons (Fsp3) is 0.462. The summed E-state index contributed by atoms with van der Waals surface area (Å²) < 4.78 is 23.4. The van der Waals surface area contributed by atoms with Crippen molar-refractivity contribution in [1.29, 1.82) is 0 Å². The molecule has 4 nitrogen and oxygen atoms in total. The van der Waals surface area contributed by atoms with E-state index in [1.807, 2.05) is 0 Å². The molecule has 0 aromatic heterocycles. The summed E-state index contributed by atoms with van der Waals surface area (Å²) in [5.41, 5.74) is 0.709. The Morgan fingerprint density at radius 3 is 3.06 bits per heavy atom. The van der Waals surface area contributed by atoms with Gasteiger partial charge >= 0.3 is 0 Å². The van der Waals surface area contributed by atoms with Gasteiger partial charge in [0.15, 0.2) is 11.6 Å². The van der Waals surface area contributed by atoms with Gasteiger partial charge in [0.25, 0.3) is 0 Å². The molecule has 1 aromatic carbocycles. The van der Waals surface area contributed by atoms with Crippen molar-refractivity contribution in [1.82, 2.24) is 5.32 Å². The average Bonchev–Trinajstić information content (AvgIpc) is 2.90. The van der Waals surface area contributed by atoms with Crippen LogP contribution < -0.4 is 10.1 Å². The Balaban J connectivity index is 1.89. The highest BCUT2D eigenvalue weighted by molar-refractivity contribution is 5.78. The van der Waals surface area contributed by atoms with E-state index >= 15 is 0 Å². The lowest BCUT2D eigenvalue weighted by molar-refractivity contribution is -0.125. The van der Waals surface area contributed by atoms with Gasteiger partial charge in [0.2, 0.25) is 5.91 Å². The van der Waals surface area contributed by atoms with Crippen molar-refractivity contribution < 1.29 is 18.7 Å². The fourth-order valence-corrected chi connectivity index (χ4v) is 1.89. The summed E-state index contributed by atoms with van der Waals surface area (Å²) in [6.07, 6.45) is 0.753. The number of methoxy groups -OCH3 is 1. The van der Waals surface area contributed by atoms with E-state index in [9.17, 15) is 9.18 Å². The first-order chi connectivity index (χ1) is 8.70. The van der Waals surface area contributed by atoms with E-state index in [-0.39, 0.29) is 17.6 Å². The highest BCUT2D eigenvalue weighted by Crippen LogP contribution is 2.18. The first-order valence-corrected chi connectivity index (χ1v) is 5.88. The quantitative estimate of drug-likeness (QED) is 0.884. The summed E-state index contributed by atoms with van der Waals surface area (Å²) in [7, 11) is 1.42. The molecule has 2 rings (SSSR count). The van der Waals surface area contributed by atoms with Crippen LogP contribution in [-0.4, -0.2) is 26.2 Å². The van der Waals surface area contributed by atoms with Gasteiger partial charge in [-0.3, -0.25) is 4.79 Å². The van der Waals surface area contributed by atoms with Crippen LogP contribution in [0.5, 0.6) is 5.75 Å². The Labute approximate surface area is 105 Å². The molecule has 0 saturated carbocycles. The smallest absolute Gasteiger partial charge is 0.225 e. The number of carbonyl (C=O) groups excluding carboxylic acids is 1. The van der Waals surface area contributed by atoms with Crippen molar-refractivity contribution in [3.8, 4) is 5.75 Å². The van der Waals surface area contributed by atoms with Crippen LogP contribution in [0.2, 0.25) is 0 Å². The molecule has 18 heavy (non-hydrogen) atoms. The van der Waals surface area contributed by atoms with Crippen LogP contribution in [-0.2, 0) is 16.1 Å². The van der Waals surface area contributed by atoms with E-state index in [0.29, 0.717) is 25.3 Å². The Morgan fingerprint density at radius 1 is 1.61 bits per heavy atom. The van der Waals surface area contributed by atoms with Gasteiger partial charge in [-0.25, -0.2) is 4.39 Å². The van der Waals surface area contributed by atoms with Gasteiger partial charge in [-0.15, -0.1) is 0 Å². The standard InChI is InChI=1S/C13H16FNO3/c1-17-12-3-2-9(6-11(12)14)7-15-13(16)10-4-5-18-8-10/h2-3,6,10H,4-5,7-8H2,1H3,(H,15,16). The summed E-state index contributed by atoms with van der Waals surface area (Å²) in [5, 5.41) is 2.78. The first kappa shape index (κ1) is 12.8. The van der Waals surface area contributed by atoms with Crippen molar-refractivity contribution >= 4 is 5.91 Å². The molecule has 1 saturated heterocycles. The van der Waals surface area contributed by atoms with Gasteiger partial charge in [-0.05, 0) is 24.1 Å². The Morgan fingerprint density at radius 2 is 2.44 bits per heavy atom. The van der Waals surface area contributed by atoms with Crippen molar-refractivity contribution in [2.45, 2.75) is 13.0 Å². The molecule has 1 aliphatic rings. The summed E-state index contributed by atoms with van der Waals surface area (Å²) in [6, 6.07) is 4.65. The molecule has 5 heteroatoms. The van der Waals surface area contributed by atoms with Crippen LogP contribution in [0.25, 0.3) is 0 Å². The number of hydrogen-bond acceptors (Lipinski definition) is 3. The molecule has 1 aliphatic heterocycles. The third-order valence-corrected chi connectivity index (χ3v) is 2.98. The summed E-state index contributed by atoms with van der Waals surface area (Å²) in [4.78, 5) is 11.7. The predicted molar refractivity (Wildman–Crippen MR) is 63.7 cm³/mol. The SMILES string of the molecule is COc1ccc(CNC(=O)C2CCOC2)cc1F. The Kier molecular flexibility index (Phi) is 4.15. The molecule has 1 atom stereocenters. The number of benzene rings is 1. The minimum Gasteiger partial charge on any atom is -0.494 e. The van der Waals surface area contributed by atoms with Gasteiger partial charge in [0.1, 0.15) is 0 Å². The third-order valence-electron chi connectivity index (χ3n) is 2.98. The molecule has 0 bridgehead atoms. The molecule has 1 aromatic rings. The molecule has 1 N–H and O–H groups in total.